The Hall–Kier alpha value is -1.90. The lowest BCUT2D eigenvalue weighted by Gasteiger charge is -2.28. The van der Waals surface area contributed by atoms with Crippen molar-refractivity contribution >= 4 is 45.7 Å². The van der Waals surface area contributed by atoms with Crippen molar-refractivity contribution in [3.63, 3.8) is 0 Å². The summed E-state index contributed by atoms with van der Waals surface area (Å²) in [5.41, 5.74) is 1.44. The summed E-state index contributed by atoms with van der Waals surface area (Å²) in [5, 5.41) is 13.7. The van der Waals surface area contributed by atoms with Crippen LogP contribution in [0.1, 0.15) is 18.5 Å². The molecule has 1 aliphatic rings. The highest BCUT2D eigenvalue weighted by molar-refractivity contribution is 7.99. The summed E-state index contributed by atoms with van der Waals surface area (Å²) in [4.78, 5) is 31.3. The number of aliphatic hydroxyl groups is 1. The Morgan fingerprint density at radius 2 is 2.12 bits per heavy atom. The lowest BCUT2D eigenvalue weighted by molar-refractivity contribution is -0.122. The molecule has 2 N–H and O–H groups in total. The van der Waals surface area contributed by atoms with Gasteiger partial charge in [0.05, 0.1) is 18.0 Å². The summed E-state index contributed by atoms with van der Waals surface area (Å²) < 4.78 is 0. The van der Waals surface area contributed by atoms with Gasteiger partial charge in [0, 0.05) is 35.4 Å². The number of benzene rings is 1. The first-order chi connectivity index (χ1) is 11.7. The second-order valence-corrected chi connectivity index (χ2v) is 7.21. The third-order valence-electron chi connectivity index (χ3n) is 3.56. The molecule has 0 fully saturated rings. The maximum atomic E-state index is 12.5. The zero-order valence-corrected chi connectivity index (χ0v) is 14.5. The number of aromatic nitrogens is 1. The number of nitrogens with one attached hydrogen (secondary N) is 1. The first-order valence-electron chi connectivity index (χ1n) is 7.54. The first kappa shape index (κ1) is 16.9. The summed E-state index contributed by atoms with van der Waals surface area (Å²) in [6.45, 7) is 0.506. The van der Waals surface area contributed by atoms with Gasteiger partial charge >= 0.3 is 0 Å². The van der Waals surface area contributed by atoms with Crippen molar-refractivity contribution in [2.24, 2.45) is 0 Å². The average molecular weight is 363 g/mol. The van der Waals surface area contributed by atoms with Gasteiger partial charge in [0.25, 0.3) is 0 Å². The van der Waals surface area contributed by atoms with Crippen molar-refractivity contribution < 1.29 is 14.7 Å². The summed E-state index contributed by atoms with van der Waals surface area (Å²) in [6.07, 6.45) is 0.266. The SMILES string of the molecule is O=C(CCC(=O)N1CCSc2ccccc21)Nc1nc(CO)cs1. The lowest BCUT2D eigenvalue weighted by Crippen LogP contribution is -2.35. The second kappa shape index (κ2) is 7.78. The number of nitrogens with zero attached hydrogens (tertiary/aromatic N) is 2. The molecule has 2 heterocycles. The molecule has 0 spiro atoms. The lowest BCUT2D eigenvalue weighted by atomic mass is 10.2. The Labute approximate surface area is 147 Å². The second-order valence-electron chi connectivity index (χ2n) is 5.21. The molecule has 6 nitrogen and oxygen atoms in total. The van der Waals surface area contributed by atoms with Crippen LogP contribution in [0.2, 0.25) is 0 Å². The van der Waals surface area contributed by atoms with Crippen LogP contribution < -0.4 is 10.2 Å². The molecular weight excluding hydrogens is 346 g/mol. The number of aliphatic hydroxyl groups excluding tert-OH is 1. The molecule has 1 aromatic heterocycles. The number of anilines is 2. The van der Waals surface area contributed by atoms with Crippen LogP contribution in [0.25, 0.3) is 0 Å². The van der Waals surface area contributed by atoms with Crippen LogP contribution in [0.4, 0.5) is 10.8 Å². The number of para-hydroxylation sites is 1. The number of fused-ring (bicyclic) bond motifs is 1. The molecule has 2 amide bonds. The molecule has 0 bridgehead atoms. The molecule has 1 aromatic carbocycles. The normalized spacial score (nSPS) is 13.5. The highest BCUT2D eigenvalue weighted by Crippen LogP contribution is 2.34. The van der Waals surface area contributed by atoms with Crippen LogP contribution in [-0.4, -0.2) is 34.2 Å². The van der Waals surface area contributed by atoms with Crippen LogP contribution in [0.3, 0.4) is 0 Å². The van der Waals surface area contributed by atoms with E-state index in [1.54, 1.807) is 22.0 Å². The fourth-order valence-electron chi connectivity index (χ4n) is 2.40. The van der Waals surface area contributed by atoms with Gasteiger partial charge in [0.15, 0.2) is 5.13 Å². The molecule has 0 atom stereocenters. The third kappa shape index (κ3) is 3.95. The monoisotopic (exact) mass is 363 g/mol. The fraction of sp³-hybridized carbons (Fsp3) is 0.312. The average Bonchev–Trinajstić information content (AvgIpc) is 3.06. The van der Waals surface area contributed by atoms with Gasteiger partial charge in [-0.15, -0.1) is 23.1 Å². The minimum Gasteiger partial charge on any atom is -0.390 e. The van der Waals surface area contributed by atoms with Crippen molar-refractivity contribution in [3.05, 3.63) is 35.3 Å². The number of amides is 2. The van der Waals surface area contributed by atoms with Crippen LogP contribution in [0.5, 0.6) is 0 Å². The Morgan fingerprint density at radius 3 is 2.92 bits per heavy atom. The van der Waals surface area contributed by atoms with Gasteiger partial charge in [-0.3, -0.25) is 9.59 Å². The van der Waals surface area contributed by atoms with E-state index in [0.29, 0.717) is 17.4 Å². The smallest absolute Gasteiger partial charge is 0.227 e. The predicted molar refractivity (Wildman–Crippen MR) is 95.4 cm³/mol. The van der Waals surface area contributed by atoms with Crippen LogP contribution >= 0.6 is 23.1 Å². The molecule has 24 heavy (non-hydrogen) atoms. The van der Waals surface area contributed by atoms with E-state index in [0.717, 1.165) is 16.3 Å². The standard InChI is InChI=1S/C16H17N3O3S2/c20-9-11-10-24-16(17-11)18-14(21)5-6-15(22)19-7-8-23-13-4-2-1-3-12(13)19/h1-4,10,20H,5-9H2,(H,17,18,21). The number of carbonyl (C=O) groups is 2. The van der Waals surface area contributed by atoms with E-state index in [-0.39, 0.29) is 31.3 Å². The van der Waals surface area contributed by atoms with Gasteiger partial charge in [-0.25, -0.2) is 4.98 Å². The van der Waals surface area contributed by atoms with E-state index in [1.807, 2.05) is 24.3 Å². The van der Waals surface area contributed by atoms with Crippen molar-refractivity contribution in [1.29, 1.82) is 0 Å². The minimum atomic E-state index is -0.248. The molecule has 0 saturated carbocycles. The maximum absolute atomic E-state index is 12.5. The van der Waals surface area contributed by atoms with E-state index < -0.39 is 0 Å². The van der Waals surface area contributed by atoms with Gasteiger partial charge in [-0.05, 0) is 12.1 Å². The minimum absolute atomic E-state index is 0.0481. The van der Waals surface area contributed by atoms with E-state index in [9.17, 15) is 9.59 Å². The largest absolute Gasteiger partial charge is 0.390 e. The van der Waals surface area contributed by atoms with E-state index >= 15 is 0 Å². The van der Waals surface area contributed by atoms with Crippen LogP contribution in [-0.2, 0) is 16.2 Å². The summed E-state index contributed by atoms with van der Waals surface area (Å²) in [7, 11) is 0. The highest BCUT2D eigenvalue weighted by atomic mass is 32.2. The molecule has 126 valence electrons. The molecule has 8 heteroatoms. The number of thioether (sulfide) groups is 1. The first-order valence-corrected chi connectivity index (χ1v) is 9.41. The number of rotatable bonds is 5. The summed E-state index contributed by atoms with van der Waals surface area (Å²) in [6, 6.07) is 7.82. The van der Waals surface area contributed by atoms with E-state index in [2.05, 4.69) is 10.3 Å². The Kier molecular flexibility index (Phi) is 5.49. The van der Waals surface area contributed by atoms with Gasteiger partial charge in [-0.2, -0.15) is 0 Å². The molecule has 2 aromatic rings. The number of hydrogen-bond donors (Lipinski definition) is 2. The molecule has 1 aliphatic heterocycles. The van der Waals surface area contributed by atoms with Gasteiger partial charge in [0.2, 0.25) is 11.8 Å². The molecule has 3 rings (SSSR count). The van der Waals surface area contributed by atoms with E-state index in [1.165, 1.54) is 11.3 Å². The molecule has 0 unspecified atom stereocenters. The zero-order valence-electron chi connectivity index (χ0n) is 12.9. The quantitative estimate of drug-likeness (QED) is 0.853. The van der Waals surface area contributed by atoms with Gasteiger partial charge in [-0.1, -0.05) is 12.1 Å². The number of thiazole rings is 1. The molecule has 0 radical (unpaired) electrons. The topological polar surface area (TPSA) is 82.5 Å². The Bertz CT molecular complexity index is 748. The third-order valence-corrected chi connectivity index (χ3v) is 5.41. The number of carbonyl (C=O) groups excluding carboxylic acids is 2. The van der Waals surface area contributed by atoms with Gasteiger partial charge in [0.1, 0.15) is 0 Å². The maximum Gasteiger partial charge on any atom is 0.227 e. The van der Waals surface area contributed by atoms with Crippen molar-refractivity contribution in [1.82, 2.24) is 4.98 Å². The zero-order chi connectivity index (χ0) is 16.9. The fourth-order valence-corrected chi connectivity index (χ4v) is 4.12. The van der Waals surface area contributed by atoms with Crippen LogP contribution in [0, 0.1) is 0 Å². The molecule has 0 saturated heterocycles. The predicted octanol–water partition coefficient (Wildman–Crippen LogP) is 2.49. The van der Waals surface area contributed by atoms with E-state index in [4.69, 9.17) is 5.11 Å². The molecular formula is C16H17N3O3S2. The van der Waals surface area contributed by atoms with Crippen molar-refractivity contribution in [2.45, 2.75) is 24.3 Å². The summed E-state index contributed by atoms with van der Waals surface area (Å²) >= 11 is 2.99. The van der Waals surface area contributed by atoms with Gasteiger partial charge < -0.3 is 15.3 Å². The Balaban J connectivity index is 1.55. The Morgan fingerprint density at radius 1 is 1.29 bits per heavy atom. The van der Waals surface area contributed by atoms with Crippen molar-refractivity contribution in [2.75, 3.05) is 22.5 Å². The van der Waals surface area contributed by atoms with Crippen LogP contribution in [0.15, 0.2) is 34.5 Å². The number of hydrogen-bond acceptors (Lipinski definition) is 6. The van der Waals surface area contributed by atoms with Crippen molar-refractivity contribution in [3.8, 4) is 0 Å². The summed E-state index contributed by atoms with van der Waals surface area (Å²) in [5.74, 6) is 0.563. The highest BCUT2D eigenvalue weighted by Gasteiger charge is 2.23. The molecule has 0 aliphatic carbocycles.